The van der Waals surface area contributed by atoms with Crippen molar-refractivity contribution in [1.29, 1.82) is 0 Å². The number of hydrogen-bond donors (Lipinski definition) is 2. The van der Waals surface area contributed by atoms with Crippen LogP contribution in [0.4, 0.5) is 0 Å². The number of hydrogen-bond acceptors (Lipinski definition) is 3. The zero-order valence-corrected chi connectivity index (χ0v) is 10.2. The fourth-order valence-corrected chi connectivity index (χ4v) is 1.00. The van der Waals surface area contributed by atoms with Gasteiger partial charge in [-0.2, -0.15) is 0 Å². The Hall–Kier alpha value is -0.870. The van der Waals surface area contributed by atoms with Crippen molar-refractivity contribution in [3.05, 3.63) is 11.8 Å². The topological polar surface area (TPSA) is 67.8 Å². The van der Waals surface area contributed by atoms with Crippen LogP contribution < -0.4 is 5.73 Å². The van der Waals surface area contributed by atoms with Crippen molar-refractivity contribution < 1.29 is 9.84 Å². The molecule has 0 fully saturated rings. The number of aliphatic hydroxyl groups excluding tert-OH is 1. The van der Waals surface area contributed by atoms with Crippen molar-refractivity contribution in [3.63, 3.8) is 0 Å². The normalized spacial score (nSPS) is 16.3. The van der Waals surface area contributed by atoms with Crippen LogP contribution in [0.3, 0.4) is 0 Å². The Labute approximate surface area is 91.8 Å². The van der Waals surface area contributed by atoms with Crippen LogP contribution in [0, 0.1) is 11.3 Å². The quantitative estimate of drug-likeness (QED) is 0.414. The fourth-order valence-electron chi connectivity index (χ4n) is 1.00. The Bertz CT molecular complexity index is 245. The number of allylic oxidation sites excluding steroid dienone is 1. The van der Waals surface area contributed by atoms with E-state index >= 15 is 0 Å². The number of aliphatic hydroxyl groups is 1. The van der Waals surface area contributed by atoms with E-state index in [1.807, 2.05) is 0 Å². The second-order valence-electron chi connectivity index (χ2n) is 4.33. The smallest absolute Gasteiger partial charge is 0.175 e. The Balaban J connectivity index is 5.05. The lowest BCUT2D eigenvalue weighted by molar-refractivity contribution is -0.0370. The zero-order chi connectivity index (χ0) is 12.1. The molecule has 0 radical (unpaired) electrons. The van der Waals surface area contributed by atoms with Crippen molar-refractivity contribution in [2.75, 3.05) is 7.11 Å². The monoisotopic (exact) mass is 214 g/mol. The van der Waals surface area contributed by atoms with Gasteiger partial charge in [0.15, 0.2) is 6.29 Å². The van der Waals surface area contributed by atoms with E-state index in [1.165, 1.54) is 13.4 Å². The molecule has 1 atom stereocenters. The first kappa shape index (κ1) is 14.1. The van der Waals surface area contributed by atoms with E-state index in [0.717, 1.165) is 5.70 Å². The van der Waals surface area contributed by atoms with Gasteiger partial charge in [0, 0.05) is 18.2 Å². The Morgan fingerprint density at radius 1 is 1.47 bits per heavy atom. The van der Waals surface area contributed by atoms with E-state index in [0.29, 0.717) is 5.92 Å². The molecule has 0 aromatic carbocycles. The average molecular weight is 214 g/mol. The molecule has 1 unspecified atom stereocenters. The highest BCUT2D eigenvalue weighted by Gasteiger charge is 2.27. The number of nitrogens with zero attached hydrogens (tertiary/aromatic N) is 1. The van der Waals surface area contributed by atoms with Crippen LogP contribution in [0.1, 0.15) is 27.7 Å². The third-order valence-electron chi connectivity index (χ3n) is 2.86. The van der Waals surface area contributed by atoms with Crippen molar-refractivity contribution in [1.82, 2.24) is 0 Å². The number of aliphatic imine (C=N–C) groups is 1. The van der Waals surface area contributed by atoms with Crippen LogP contribution in [-0.2, 0) is 4.74 Å². The summed E-state index contributed by atoms with van der Waals surface area (Å²) in [6.07, 6.45) is 1.86. The summed E-state index contributed by atoms with van der Waals surface area (Å²) >= 11 is 0. The molecule has 0 aliphatic carbocycles. The lowest BCUT2D eigenvalue weighted by Gasteiger charge is -2.30. The first-order chi connectivity index (χ1) is 6.86. The molecule has 0 heterocycles. The minimum absolute atomic E-state index is 0.157. The summed E-state index contributed by atoms with van der Waals surface area (Å²) < 4.78 is 4.77. The summed E-state index contributed by atoms with van der Waals surface area (Å²) in [6, 6.07) is 0. The molecular weight excluding hydrogens is 192 g/mol. The molecule has 4 heteroatoms. The maximum atomic E-state index is 9.39. The predicted octanol–water partition coefficient (Wildman–Crippen LogP) is 1.50. The first-order valence-corrected chi connectivity index (χ1v) is 5.03. The highest BCUT2D eigenvalue weighted by Crippen LogP contribution is 2.35. The van der Waals surface area contributed by atoms with Crippen LogP contribution in [-0.4, -0.2) is 24.8 Å². The summed E-state index contributed by atoms with van der Waals surface area (Å²) in [4.78, 5) is 4.08. The van der Waals surface area contributed by atoms with Gasteiger partial charge in [0.1, 0.15) is 0 Å². The summed E-state index contributed by atoms with van der Waals surface area (Å²) in [5, 5.41) is 9.39. The van der Waals surface area contributed by atoms with E-state index in [2.05, 4.69) is 32.7 Å². The third-order valence-corrected chi connectivity index (χ3v) is 2.86. The molecule has 0 aliphatic heterocycles. The van der Waals surface area contributed by atoms with Gasteiger partial charge < -0.3 is 15.6 Å². The zero-order valence-electron chi connectivity index (χ0n) is 10.2. The molecule has 88 valence electrons. The molecule has 15 heavy (non-hydrogen) atoms. The SMILES string of the molecule is COC(O)/C=C(\N=CN)C(C)(C)C(C)C. The van der Waals surface area contributed by atoms with Crippen LogP contribution in [0.2, 0.25) is 0 Å². The Kier molecular flexibility index (Phi) is 5.54. The van der Waals surface area contributed by atoms with E-state index < -0.39 is 6.29 Å². The number of methoxy groups -OCH3 is 1. The largest absolute Gasteiger partial charge is 0.390 e. The molecule has 0 rings (SSSR count). The average Bonchev–Trinajstić information content (AvgIpc) is 2.16. The summed E-state index contributed by atoms with van der Waals surface area (Å²) in [6.45, 7) is 8.30. The summed E-state index contributed by atoms with van der Waals surface area (Å²) in [7, 11) is 1.44. The molecule has 3 N–H and O–H groups in total. The Morgan fingerprint density at radius 3 is 2.33 bits per heavy atom. The van der Waals surface area contributed by atoms with Gasteiger partial charge in [-0.05, 0) is 12.0 Å². The van der Waals surface area contributed by atoms with Crippen LogP contribution in [0.25, 0.3) is 0 Å². The molecule has 0 spiro atoms. The lowest BCUT2D eigenvalue weighted by Crippen LogP contribution is -2.23. The fraction of sp³-hybridized carbons (Fsp3) is 0.727. The molecule has 4 nitrogen and oxygen atoms in total. The minimum Gasteiger partial charge on any atom is -0.390 e. The molecule has 0 saturated carbocycles. The van der Waals surface area contributed by atoms with Crippen molar-refractivity contribution >= 4 is 6.34 Å². The van der Waals surface area contributed by atoms with Gasteiger partial charge in [0.2, 0.25) is 0 Å². The van der Waals surface area contributed by atoms with Gasteiger partial charge in [-0.1, -0.05) is 27.7 Å². The van der Waals surface area contributed by atoms with Gasteiger partial charge in [0.25, 0.3) is 0 Å². The second kappa shape index (κ2) is 5.88. The molecule has 0 amide bonds. The summed E-state index contributed by atoms with van der Waals surface area (Å²) in [5.74, 6) is 0.386. The van der Waals surface area contributed by atoms with Gasteiger partial charge in [0.05, 0.1) is 6.34 Å². The third kappa shape index (κ3) is 4.01. The highest BCUT2D eigenvalue weighted by atomic mass is 16.6. The van der Waals surface area contributed by atoms with Crippen molar-refractivity contribution in [2.45, 2.75) is 34.0 Å². The molecule has 0 bridgehead atoms. The maximum Gasteiger partial charge on any atom is 0.175 e. The number of nitrogens with two attached hydrogens (primary N) is 1. The molecular formula is C11H22N2O2. The highest BCUT2D eigenvalue weighted by molar-refractivity contribution is 5.53. The van der Waals surface area contributed by atoms with Gasteiger partial charge in [-0.15, -0.1) is 0 Å². The maximum absolute atomic E-state index is 9.39. The van der Waals surface area contributed by atoms with Crippen molar-refractivity contribution in [3.8, 4) is 0 Å². The number of rotatable bonds is 5. The van der Waals surface area contributed by atoms with Gasteiger partial charge >= 0.3 is 0 Å². The minimum atomic E-state index is -0.943. The first-order valence-electron chi connectivity index (χ1n) is 5.03. The van der Waals surface area contributed by atoms with E-state index in [1.54, 1.807) is 6.08 Å². The van der Waals surface area contributed by atoms with E-state index in [9.17, 15) is 5.11 Å². The summed E-state index contributed by atoms with van der Waals surface area (Å²) in [5.41, 5.74) is 5.86. The lowest BCUT2D eigenvalue weighted by atomic mass is 9.78. The molecule has 0 aromatic rings. The van der Waals surface area contributed by atoms with Gasteiger partial charge in [-0.3, -0.25) is 0 Å². The van der Waals surface area contributed by atoms with Crippen LogP contribution in [0.5, 0.6) is 0 Å². The molecule has 0 aliphatic rings. The number of ether oxygens (including phenoxy) is 1. The standard InChI is InChI=1S/C11H22N2O2/c1-8(2)11(3,4)9(13-7-12)6-10(14)15-5/h6-8,10,14H,1-5H3,(H2,12,13)/b9-6-. The predicted molar refractivity (Wildman–Crippen MR) is 62.4 cm³/mol. The van der Waals surface area contributed by atoms with Gasteiger partial charge in [-0.25, -0.2) is 4.99 Å². The van der Waals surface area contributed by atoms with E-state index in [-0.39, 0.29) is 5.41 Å². The van der Waals surface area contributed by atoms with Crippen LogP contribution >= 0.6 is 0 Å². The molecule has 0 saturated heterocycles. The second-order valence-corrected chi connectivity index (χ2v) is 4.33. The van der Waals surface area contributed by atoms with Crippen molar-refractivity contribution in [2.24, 2.45) is 22.1 Å². The molecule has 0 aromatic heterocycles. The van der Waals surface area contributed by atoms with E-state index in [4.69, 9.17) is 10.5 Å². The Morgan fingerprint density at radius 2 is 2.00 bits per heavy atom. The van der Waals surface area contributed by atoms with Crippen LogP contribution in [0.15, 0.2) is 16.8 Å².